The van der Waals surface area contributed by atoms with E-state index in [0.29, 0.717) is 5.17 Å². The van der Waals surface area contributed by atoms with Crippen LogP contribution in [0.2, 0.25) is 0 Å². The molecule has 0 radical (unpaired) electrons. The third-order valence-corrected chi connectivity index (χ3v) is 5.97. The molecule has 1 aromatic carbocycles. The van der Waals surface area contributed by atoms with Crippen LogP contribution >= 0.6 is 11.8 Å². The Hall–Kier alpha value is -1.20. The second-order valence-corrected chi connectivity index (χ2v) is 8.14. The van der Waals surface area contributed by atoms with Gasteiger partial charge in [-0.1, -0.05) is 43.2 Å². The number of nitrogens with two attached hydrogens (primary N) is 2. The van der Waals surface area contributed by atoms with Gasteiger partial charge in [0.05, 0.1) is 11.2 Å². The third-order valence-electron chi connectivity index (χ3n) is 5.18. The van der Waals surface area contributed by atoms with Gasteiger partial charge in [0.2, 0.25) is 0 Å². The van der Waals surface area contributed by atoms with Crippen LogP contribution in [0.25, 0.3) is 0 Å². The van der Waals surface area contributed by atoms with E-state index in [4.69, 9.17) is 16.6 Å². The van der Waals surface area contributed by atoms with Crippen LogP contribution in [0, 0.1) is 5.92 Å². The number of anilines is 1. The molecule has 4 nitrogen and oxygen atoms in total. The van der Waals surface area contributed by atoms with Crippen molar-refractivity contribution >= 4 is 22.6 Å². The molecule has 4 N–H and O–H groups in total. The molecule has 23 heavy (non-hydrogen) atoms. The Bertz CT molecular complexity index is 568. The Balaban J connectivity index is 1.75. The van der Waals surface area contributed by atoms with Crippen molar-refractivity contribution in [2.24, 2.45) is 22.5 Å². The molecule has 1 aromatic rings. The van der Waals surface area contributed by atoms with Gasteiger partial charge in [0.15, 0.2) is 5.17 Å². The quantitative estimate of drug-likeness (QED) is 0.653. The van der Waals surface area contributed by atoms with E-state index in [1.54, 1.807) is 11.8 Å². The highest BCUT2D eigenvalue weighted by atomic mass is 32.2. The zero-order valence-corrected chi connectivity index (χ0v) is 14.8. The van der Waals surface area contributed by atoms with E-state index in [1.165, 1.54) is 37.7 Å². The molecule has 0 spiro atoms. The predicted molar refractivity (Wildman–Crippen MR) is 101 cm³/mol. The first-order chi connectivity index (χ1) is 11.1. The number of aliphatic imine (C=N–C) groups is 1. The summed E-state index contributed by atoms with van der Waals surface area (Å²) in [5, 5.41) is 2.61. The number of hydrogen-bond acceptors (Lipinski definition) is 5. The van der Waals surface area contributed by atoms with Gasteiger partial charge in [0, 0.05) is 12.3 Å². The zero-order valence-electron chi connectivity index (χ0n) is 14.0. The standard InChI is InChI=1S/C18H28N4S/c1-18(10-11-23-17(19)21-18)15-8-5-9-16(12-15)22(20)13-14-6-3-2-4-7-14/h5,8-9,12,14H,2-4,6-7,10-11,13,20H2,1H3,(H2,19,21). The van der Waals surface area contributed by atoms with Crippen LogP contribution in [-0.4, -0.2) is 17.5 Å². The predicted octanol–water partition coefficient (Wildman–Crippen LogP) is 3.61. The minimum atomic E-state index is -0.225. The van der Waals surface area contributed by atoms with E-state index in [-0.39, 0.29) is 5.54 Å². The maximum absolute atomic E-state index is 6.36. The van der Waals surface area contributed by atoms with Crippen molar-refractivity contribution in [1.29, 1.82) is 0 Å². The molecule has 126 valence electrons. The van der Waals surface area contributed by atoms with Crippen LogP contribution in [0.15, 0.2) is 29.3 Å². The summed E-state index contributed by atoms with van der Waals surface area (Å²) in [5.41, 5.74) is 8.01. The van der Waals surface area contributed by atoms with Gasteiger partial charge >= 0.3 is 0 Å². The summed E-state index contributed by atoms with van der Waals surface area (Å²) in [6.07, 6.45) is 7.71. The van der Waals surface area contributed by atoms with Gasteiger partial charge in [-0.2, -0.15) is 0 Å². The Morgan fingerprint density at radius 2 is 2.09 bits per heavy atom. The molecule has 1 aliphatic carbocycles. The monoisotopic (exact) mass is 332 g/mol. The van der Waals surface area contributed by atoms with E-state index in [9.17, 15) is 0 Å². The molecule has 1 fully saturated rings. The SMILES string of the molecule is CC1(c2cccc(N(N)CC3CCCCC3)c2)CCSC(N)=N1. The van der Waals surface area contributed by atoms with Gasteiger partial charge in [-0.3, -0.25) is 4.99 Å². The molecule has 5 heteroatoms. The maximum atomic E-state index is 6.36. The summed E-state index contributed by atoms with van der Waals surface area (Å²) < 4.78 is 0. The molecule has 1 aliphatic heterocycles. The van der Waals surface area contributed by atoms with Crippen LogP contribution < -0.4 is 16.6 Å². The average Bonchev–Trinajstić information content (AvgIpc) is 2.56. The highest BCUT2D eigenvalue weighted by molar-refractivity contribution is 8.13. The average molecular weight is 333 g/mol. The first kappa shape index (κ1) is 16.7. The lowest BCUT2D eigenvalue weighted by molar-refractivity contribution is 0.359. The topological polar surface area (TPSA) is 67.6 Å². The highest BCUT2D eigenvalue weighted by Crippen LogP contribution is 2.36. The maximum Gasteiger partial charge on any atom is 0.154 e. The largest absolute Gasteiger partial charge is 0.379 e. The summed E-state index contributed by atoms with van der Waals surface area (Å²) in [4.78, 5) is 4.70. The number of rotatable bonds is 4. The summed E-state index contributed by atoms with van der Waals surface area (Å²) in [6.45, 7) is 3.11. The fourth-order valence-corrected chi connectivity index (χ4v) is 4.64. The lowest BCUT2D eigenvalue weighted by Crippen LogP contribution is -2.37. The molecule has 0 bridgehead atoms. The number of hydrogen-bond donors (Lipinski definition) is 2. The van der Waals surface area contributed by atoms with E-state index in [2.05, 4.69) is 31.2 Å². The minimum absolute atomic E-state index is 0.225. The van der Waals surface area contributed by atoms with E-state index < -0.39 is 0 Å². The Kier molecular flexibility index (Phi) is 5.17. The summed E-state index contributed by atoms with van der Waals surface area (Å²) in [6, 6.07) is 8.52. The number of benzene rings is 1. The van der Waals surface area contributed by atoms with Gasteiger partial charge in [-0.15, -0.1) is 0 Å². The number of nitrogens with zero attached hydrogens (tertiary/aromatic N) is 2. The minimum Gasteiger partial charge on any atom is -0.379 e. The molecule has 2 aliphatic rings. The fourth-order valence-electron chi connectivity index (χ4n) is 3.67. The van der Waals surface area contributed by atoms with Crippen molar-refractivity contribution in [2.45, 2.75) is 51.0 Å². The molecular formula is C18H28N4S. The zero-order chi connectivity index (χ0) is 16.3. The molecule has 0 amide bonds. The van der Waals surface area contributed by atoms with Crippen molar-refractivity contribution in [1.82, 2.24) is 0 Å². The lowest BCUT2D eigenvalue weighted by Gasteiger charge is -2.32. The normalized spacial score (nSPS) is 25.9. The van der Waals surface area contributed by atoms with Crippen molar-refractivity contribution < 1.29 is 0 Å². The van der Waals surface area contributed by atoms with E-state index in [0.717, 1.165) is 30.3 Å². The summed E-state index contributed by atoms with van der Waals surface area (Å²) >= 11 is 1.64. The van der Waals surface area contributed by atoms with Crippen molar-refractivity contribution in [3.63, 3.8) is 0 Å². The molecule has 1 saturated carbocycles. The molecule has 1 atom stereocenters. The van der Waals surface area contributed by atoms with Crippen LogP contribution in [0.1, 0.15) is 51.0 Å². The highest BCUT2D eigenvalue weighted by Gasteiger charge is 2.29. The number of hydrazine groups is 1. The molecule has 0 saturated heterocycles. The van der Waals surface area contributed by atoms with Gasteiger partial charge in [-0.25, -0.2) is 5.84 Å². The molecule has 1 unspecified atom stereocenters. The molecular weight excluding hydrogens is 304 g/mol. The summed E-state index contributed by atoms with van der Waals surface area (Å²) in [5.74, 6) is 8.11. The summed E-state index contributed by atoms with van der Waals surface area (Å²) in [7, 11) is 0. The first-order valence-corrected chi connectivity index (χ1v) is 9.66. The molecule has 3 rings (SSSR count). The van der Waals surface area contributed by atoms with Gasteiger partial charge in [-0.05, 0) is 49.8 Å². The van der Waals surface area contributed by atoms with Crippen molar-refractivity contribution in [2.75, 3.05) is 17.3 Å². The van der Waals surface area contributed by atoms with E-state index >= 15 is 0 Å². The molecule has 0 aromatic heterocycles. The Morgan fingerprint density at radius 1 is 1.30 bits per heavy atom. The van der Waals surface area contributed by atoms with Crippen molar-refractivity contribution in [3.8, 4) is 0 Å². The van der Waals surface area contributed by atoms with Crippen LogP contribution in [0.5, 0.6) is 0 Å². The Morgan fingerprint density at radius 3 is 2.83 bits per heavy atom. The smallest absolute Gasteiger partial charge is 0.154 e. The van der Waals surface area contributed by atoms with E-state index in [1.807, 2.05) is 5.01 Å². The number of thioether (sulfide) groups is 1. The van der Waals surface area contributed by atoms with Crippen LogP contribution in [0.3, 0.4) is 0 Å². The van der Waals surface area contributed by atoms with Crippen LogP contribution in [0.4, 0.5) is 5.69 Å². The third kappa shape index (κ3) is 4.01. The van der Waals surface area contributed by atoms with Gasteiger partial charge < -0.3 is 10.7 Å². The number of amidine groups is 1. The van der Waals surface area contributed by atoms with Crippen molar-refractivity contribution in [3.05, 3.63) is 29.8 Å². The lowest BCUT2D eigenvalue weighted by atomic mass is 9.88. The van der Waals surface area contributed by atoms with Gasteiger partial charge in [0.25, 0.3) is 0 Å². The van der Waals surface area contributed by atoms with Gasteiger partial charge in [0.1, 0.15) is 0 Å². The Labute approximate surface area is 143 Å². The fraction of sp³-hybridized carbons (Fsp3) is 0.611. The first-order valence-electron chi connectivity index (χ1n) is 8.68. The molecule has 1 heterocycles. The van der Waals surface area contributed by atoms with Crippen LogP contribution in [-0.2, 0) is 5.54 Å². The second-order valence-electron chi connectivity index (χ2n) is 7.03. The second kappa shape index (κ2) is 7.14.